The van der Waals surface area contributed by atoms with E-state index in [1.54, 1.807) is 6.08 Å². The Morgan fingerprint density at radius 2 is 2.00 bits per heavy atom. The zero-order valence-corrected chi connectivity index (χ0v) is 10.7. The maximum Gasteiger partial charge on any atom is 0.328 e. The Balaban J connectivity index is 1.79. The molecule has 0 spiro atoms. The molecular formula is C13H22N2O2. The van der Waals surface area contributed by atoms with Gasteiger partial charge in [-0.15, -0.1) is 0 Å². The number of hydrogen-bond acceptors (Lipinski definition) is 3. The first kappa shape index (κ1) is 12.6. The summed E-state index contributed by atoms with van der Waals surface area (Å²) < 4.78 is 0. The number of fused-ring (bicyclic) bond motifs is 1. The molecule has 4 heteroatoms. The quantitative estimate of drug-likeness (QED) is 0.739. The van der Waals surface area contributed by atoms with Crippen LogP contribution in [-0.2, 0) is 4.79 Å². The summed E-state index contributed by atoms with van der Waals surface area (Å²) in [5.41, 5.74) is 0. The molecule has 0 bridgehead atoms. The van der Waals surface area contributed by atoms with E-state index in [1.807, 2.05) is 0 Å². The summed E-state index contributed by atoms with van der Waals surface area (Å²) in [5.74, 6) is 0.857. The second-order valence-electron chi connectivity index (χ2n) is 5.55. The minimum absolute atomic E-state index is 0.636. The van der Waals surface area contributed by atoms with Gasteiger partial charge in [-0.25, -0.2) is 4.79 Å². The van der Waals surface area contributed by atoms with Crippen LogP contribution in [0.2, 0.25) is 0 Å². The average molecular weight is 238 g/mol. The van der Waals surface area contributed by atoms with E-state index in [0.717, 1.165) is 18.4 Å². The van der Waals surface area contributed by atoms with Crippen LogP contribution in [0.25, 0.3) is 0 Å². The summed E-state index contributed by atoms with van der Waals surface area (Å²) in [6, 6.07) is 0.636. The first-order valence-corrected chi connectivity index (χ1v) is 6.34. The van der Waals surface area contributed by atoms with E-state index < -0.39 is 5.97 Å². The van der Waals surface area contributed by atoms with Crippen LogP contribution < -0.4 is 0 Å². The van der Waals surface area contributed by atoms with Crippen molar-refractivity contribution in [3.8, 4) is 0 Å². The van der Waals surface area contributed by atoms with E-state index >= 15 is 0 Å². The zero-order chi connectivity index (χ0) is 12.4. The molecule has 1 N–H and O–H groups in total. The van der Waals surface area contributed by atoms with Crippen LogP contribution in [0.5, 0.6) is 0 Å². The van der Waals surface area contributed by atoms with Gasteiger partial charge in [-0.3, -0.25) is 4.90 Å². The highest BCUT2D eigenvalue weighted by molar-refractivity contribution is 5.79. The van der Waals surface area contributed by atoms with Crippen molar-refractivity contribution in [1.29, 1.82) is 0 Å². The van der Waals surface area contributed by atoms with Gasteiger partial charge in [0.05, 0.1) is 0 Å². The first-order valence-electron chi connectivity index (χ1n) is 6.34. The number of rotatable bonds is 4. The van der Waals surface area contributed by atoms with Gasteiger partial charge in [0.2, 0.25) is 0 Å². The number of carboxylic acid groups (broad SMARTS) is 1. The molecule has 0 aromatic heterocycles. The minimum atomic E-state index is -0.858. The molecule has 0 aromatic carbocycles. The molecule has 2 rings (SSSR count). The van der Waals surface area contributed by atoms with E-state index in [-0.39, 0.29) is 0 Å². The first-order chi connectivity index (χ1) is 8.06. The number of aliphatic carboxylic acids is 1. The molecule has 1 heterocycles. The van der Waals surface area contributed by atoms with Crippen LogP contribution in [0.3, 0.4) is 0 Å². The molecule has 1 aliphatic heterocycles. The molecule has 1 aliphatic carbocycles. The van der Waals surface area contributed by atoms with Crippen molar-refractivity contribution in [3.05, 3.63) is 12.2 Å². The van der Waals surface area contributed by atoms with Gasteiger partial charge in [-0.2, -0.15) is 0 Å². The van der Waals surface area contributed by atoms with Gasteiger partial charge in [0.25, 0.3) is 0 Å². The third kappa shape index (κ3) is 3.07. The Kier molecular flexibility index (Phi) is 3.84. The predicted molar refractivity (Wildman–Crippen MR) is 66.9 cm³/mol. The van der Waals surface area contributed by atoms with Crippen molar-refractivity contribution >= 4 is 5.97 Å². The van der Waals surface area contributed by atoms with E-state index in [2.05, 4.69) is 23.9 Å². The molecule has 1 unspecified atom stereocenters. The van der Waals surface area contributed by atoms with Crippen molar-refractivity contribution in [3.63, 3.8) is 0 Å². The molecule has 3 atom stereocenters. The maximum absolute atomic E-state index is 10.4. The predicted octanol–water partition coefficient (Wildman–Crippen LogP) is 0.899. The molecule has 0 radical (unpaired) electrons. The van der Waals surface area contributed by atoms with Crippen LogP contribution >= 0.6 is 0 Å². The largest absolute Gasteiger partial charge is 0.478 e. The topological polar surface area (TPSA) is 43.8 Å². The third-order valence-electron chi connectivity index (χ3n) is 4.19. The van der Waals surface area contributed by atoms with Crippen LogP contribution in [0.15, 0.2) is 12.2 Å². The van der Waals surface area contributed by atoms with E-state index in [4.69, 9.17) is 5.11 Å². The molecular weight excluding hydrogens is 216 g/mol. The fourth-order valence-corrected chi connectivity index (χ4v) is 3.33. The summed E-state index contributed by atoms with van der Waals surface area (Å²) in [6.07, 6.45) is 5.52. The Bertz CT molecular complexity index is 303. The van der Waals surface area contributed by atoms with Gasteiger partial charge in [0.1, 0.15) is 0 Å². The lowest BCUT2D eigenvalue weighted by atomic mass is 10.0. The monoisotopic (exact) mass is 238 g/mol. The standard InChI is InChI=1S/C13H22N2O2/c1-14-8-10-6-12(7-11(10)9-14)15(2)5-3-4-13(16)17/h3-4,10-12H,5-9H2,1-2H3,(H,16,17)/b4-3+/t10-,11+,12?. The Hall–Kier alpha value is -0.870. The van der Waals surface area contributed by atoms with Gasteiger partial charge in [0.15, 0.2) is 0 Å². The smallest absolute Gasteiger partial charge is 0.328 e. The van der Waals surface area contributed by atoms with Crippen molar-refractivity contribution in [2.45, 2.75) is 18.9 Å². The summed E-state index contributed by atoms with van der Waals surface area (Å²) in [6.45, 7) is 3.21. The zero-order valence-electron chi connectivity index (χ0n) is 10.7. The van der Waals surface area contributed by atoms with Crippen LogP contribution in [0, 0.1) is 11.8 Å². The van der Waals surface area contributed by atoms with Crippen molar-refractivity contribution < 1.29 is 9.90 Å². The molecule has 2 fully saturated rings. The second kappa shape index (κ2) is 5.19. The SMILES string of the molecule is CN1C[C@H]2CC(N(C)C/C=C/C(=O)O)C[C@H]2C1. The lowest BCUT2D eigenvalue weighted by Gasteiger charge is -2.24. The fourth-order valence-electron chi connectivity index (χ4n) is 3.33. The fraction of sp³-hybridized carbons (Fsp3) is 0.769. The van der Waals surface area contributed by atoms with Gasteiger partial charge >= 0.3 is 5.97 Å². The molecule has 17 heavy (non-hydrogen) atoms. The number of carbonyl (C=O) groups is 1. The summed E-state index contributed by atoms with van der Waals surface area (Å²) in [7, 11) is 4.30. The highest BCUT2D eigenvalue weighted by Crippen LogP contribution is 2.39. The second-order valence-corrected chi connectivity index (χ2v) is 5.55. The van der Waals surface area contributed by atoms with Gasteiger partial charge in [0, 0.05) is 31.8 Å². The van der Waals surface area contributed by atoms with E-state index in [9.17, 15) is 4.79 Å². The third-order valence-corrected chi connectivity index (χ3v) is 4.19. The van der Waals surface area contributed by atoms with Crippen molar-refractivity contribution in [2.24, 2.45) is 11.8 Å². The number of likely N-dealkylation sites (tertiary alicyclic amines) is 1. The number of nitrogens with zero attached hydrogens (tertiary/aromatic N) is 2. The lowest BCUT2D eigenvalue weighted by Crippen LogP contribution is -2.31. The van der Waals surface area contributed by atoms with Crippen LogP contribution in [-0.4, -0.2) is 60.6 Å². The lowest BCUT2D eigenvalue weighted by molar-refractivity contribution is -0.131. The molecule has 1 saturated heterocycles. The Morgan fingerprint density at radius 3 is 2.53 bits per heavy atom. The molecule has 96 valence electrons. The molecule has 0 amide bonds. The van der Waals surface area contributed by atoms with Crippen LogP contribution in [0.1, 0.15) is 12.8 Å². The van der Waals surface area contributed by atoms with E-state index in [0.29, 0.717) is 6.04 Å². The molecule has 0 aromatic rings. The van der Waals surface area contributed by atoms with E-state index in [1.165, 1.54) is 32.0 Å². The summed E-state index contributed by atoms with van der Waals surface area (Å²) in [5, 5.41) is 8.54. The molecule has 1 saturated carbocycles. The summed E-state index contributed by atoms with van der Waals surface area (Å²) >= 11 is 0. The van der Waals surface area contributed by atoms with Gasteiger partial charge in [-0.1, -0.05) is 6.08 Å². The van der Waals surface area contributed by atoms with Gasteiger partial charge in [-0.05, 0) is 38.8 Å². The van der Waals surface area contributed by atoms with Crippen molar-refractivity contribution in [2.75, 3.05) is 33.7 Å². The molecule has 2 aliphatic rings. The summed E-state index contributed by atoms with van der Waals surface area (Å²) in [4.78, 5) is 15.1. The Morgan fingerprint density at radius 1 is 1.41 bits per heavy atom. The minimum Gasteiger partial charge on any atom is -0.478 e. The van der Waals surface area contributed by atoms with Crippen LogP contribution in [0.4, 0.5) is 0 Å². The average Bonchev–Trinajstić information content (AvgIpc) is 2.73. The highest BCUT2D eigenvalue weighted by atomic mass is 16.4. The van der Waals surface area contributed by atoms with Crippen molar-refractivity contribution in [1.82, 2.24) is 9.80 Å². The normalized spacial score (nSPS) is 33.7. The Labute approximate surface area is 103 Å². The highest BCUT2D eigenvalue weighted by Gasteiger charge is 2.40. The molecule has 4 nitrogen and oxygen atoms in total. The number of likely N-dealkylation sites (N-methyl/N-ethyl adjacent to an activating group) is 1. The number of carboxylic acids is 1. The number of hydrogen-bond donors (Lipinski definition) is 1. The van der Waals surface area contributed by atoms with Gasteiger partial charge < -0.3 is 10.0 Å². The maximum atomic E-state index is 10.4.